The molecule has 1 aliphatic rings. The lowest BCUT2D eigenvalue weighted by Crippen LogP contribution is -2.51. The van der Waals surface area contributed by atoms with Crippen molar-refractivity contribution in [3.05, 3.63) is 0 Å². The summed E-state index contributed by atoms with van der Waals surface area (Å²) in [4.78, 5) is 25.7. The molecule has 0 bridgehead atoms. The third kappa shape index (κ3) is 5.03. The van der Waals surface area contributed by atoms with E-state index in [-0.39, 0.29) is 23.1 Å². The van der Waals surface area contributed by atoms with E-state index in [4.69, 9.17) is 5.73 Å². The molecule has 1 heterocycles. The molecule has 1 aliphatic heterocycles. The summed E-state index contributed by atoms with van der Waals surface area (Å²) in [6, 6.07) is 0.137. The van der Waals surface area contributed by atoms with E-state index < -0.39 is 0 Å². The van der Waals surface area contributed by atoms with Gasteiger partial charge in [-0.15, -0.1) is 0 Å². The van der Waals surface area contributed by atoms with Crippen molar-refractivity contribution >= 4 is 23.6 Å². The topological polar surface area (TPSA) is 75.4 Å². The van der Waals surface area contributed by atoms with Gasteiger partial charge in [-0.05, 0) is 32.4 Å². The second kappa shape index (κ2) is 8.43. The number of carbonyl (C=O) groups excluding carboxylic acids is 2. The zero-order chi connectivity index (χ0) is 14.3. The summed E-state index contributed by atoms with van der Waals surface area (Å²) < 4.78 is 0. The van der Waals surface area contributed by atoms with Gasteiger partial charge in [-0.1, -0.05) is 0 Å². The largest absolute Gasteiger partial charge is 0.354 e. The van der Waals surface area contributed by atoms with Crippen molar-refractivity contribution in [2.75, 3.05) is 25.9 Å². The number of rotatable bonds is 6. The molecule has 0 aromatic heterocycles. The minimum atomic E-state index is -0.0293. The van der Waals surface area contributed by atoms with Crippen LogP contribution in [0.15, 0.2) is 0 Å². The van der Waals surface area contributed by atoms with Crippen molar-refractivity contribution in [3.63, 3.8) is 0 Å². The third-order valence-electron chi connectivity index (χ3n) is 3.52. The molecule has 1 fully saturated rings. The number of hydrogen-bond donors (Lipinski definition) is 2. The number of thioether (sulfide) groups is 1. The quantitative estimate of drug-likeness (QED) is 0.749. The Morgan fingerprint density at radius 3 is 2.84 bits per heavy atom. The molecule has 1 rings (SSSR count). The Hall–Kier alpha value is -0.750. The second-order valence-corrected chi connectivity index (χ2v) is 6.08. The van der Waals surface area contributed by atoms with Crippen LogP contribution >= 0.6 is 11.8 Å². The van der Waals surface area contributed by atoms with Crippen LogP contribution in [0.1, 0.15) is 32.6 Å². The molecule has 3 N–H and O–H groups in total. The van der Waals surface area contributed by atoms with Gasteiger partial charge in [-0.25, -0.2) is 0 Å². The Morgan fingerprint density at radius 2 is 2.21 bits per heavy atom. The van der Waals surface area contributed by atoms with Crippen molar-refractivity contribution in [2.45, 2.75) is 43.9 Å². The number of hydrogen-bond acceptors (Lipinski definition) is 4. The van der Waals surface area contributed by atoms with Crippen LogP contribution in [0.4, 0.5) is 0 Å². The van der Waals surface area contributed by atoms with Crippen molar-refractivity contribution in [1.82, 2.24) is 10.2 Å². The van der Waals surface area contributed by atoms with E-state index in [1.807, 2.05) is 18.1 Å². The van der Waals surface area contributed by atoms with Gasteiger partial charge in [0.05, 0.1) is 5.25 Å². The highest BCUT2D eigenvalue weighted by molar-refractivity contribution is 7.99. The Kier molecular flexibility index (Phi) is 7.23. The molecule has 0 aliphatic carbocycles. The maximum Gasteiger partial charge on any atom is 0.235 e. The molecule has 2 atom stereocenters. The average molecular weight is 287 g/mol. The molecule has 0 aromatic rings. The fourth-order valence-electron chi connectivity index (χ4n) is 2.29. The van der Waals surface area contributed by atoms with Gasteiger partial charge in [0.2, 0.25) is 11.8 Å². The summed E-state index contributed by atoms with van der Waals surface area (Å²) in [6.45, 7) is 3.65. The lowest BCUT2D eigenvalue weighted by atomic mass is 10.0. The summed E-state index contributed by atoms with van der Waals surface area (Å²) >= 11 is 1.57. The molecule has 2 amide bonds. The number of nitrogens with two attached hydrogens (primary N) is 1. The lowest BCUT2D eigenvalue weighted by molar-refractivity contribution is -0.134. The molecular weight excluding hydrogens is 262 g/mol. The van der Waals surface area contributed by atoms with Gasteiger partial charge in [0.25, 0.3) is 0 Å². The van der Waals surface area contributed by atoms with E-state index in [0.29, 0.717) is 19.5 Å². The van der Waals surface area contributed by atoms with Gasteiger partial charge in [-0.3, -0.25) is 9.59 Å². The van der Waals surface area contributed by atoms with Gasteiger partial charge < -0.3 is 16.0 Å². The van der Waals surface area contributed by atoms with Gasteiger partial charge in [-0.2, -0.15) is 11.8 Å². The molecule has 0 saturated carbocycles. The molecule has 0 aromatic carbocycles. The zero-order valence-corrected chi connectivity index (χ0v) is 12.7. The maximum absolute atomic E-state index is 12.3. The highest BCUT2D eigenvalue weighted by Crippen LogP contribution is 2.20. The summed E-state index contributed by atoms with van der Waals surface area (Å²) in [6.07, 6.45) is 5.44. The highest BCUT2D eigenvalue weighted by atomic mass is 32.2. The molecule has 19 heavy (non-hydrogen) atoms. The summed E-state index contributed by atoms with van der Waals surface area (Å²) in [5.74, 6) is 0.156. The molecule has 6 heteroatoms. The number of nitrogens with one attached hydrogen (secondary N) is 1. The van der Waals surface area contributed by atoms with E-state index in [0.717, 1.165) is 25.8 Å². The standard InChI is InChI=1S/C13H25N3O2S/c1-10(19-2)13(18)16-8-4-3-5-11(16)9-15-12(17)6-7-14/h10-11H,3-9,14H2,1-2H3,(H,15,17). The molecule has 5 nitrogen and oxygen atoms in total. The molecule has 0 spiro atoms. The SMILES string of the molecule is CSC(C)C(=O)N1CCCCC1CNC(=O)CCN. The van der Waals surface area contributed by atoms with Crippen LogP contribution in [0.2, 0.25) is 0 Å². The van der Waals surface area contributed by atoms with Crippen molar-refractivity contribution < 1.29 is 9.59 Å². The number of carbonyl (C=O) groups is 2. The van der Waals surface area contributed by atoms with Crippen LogP contribution in [0.5, 0.6) is 0 Å². The fraction of sp³-hybridized carbons (Fsp3) is 0.846. The lowest BCUT2D eigenvalue weighted by Gasteiger charge is -2.37. The highest BCUT2D eigenvalue weighted by Gasteiger charge is 2.29. The van der Waals surface area contributed by atoms with Crippen molar-refractivity contribution in [1.29, 1.82) is 0 Å². The predicted molar refractivity (Wildman–Crippen MR) is 79.0 cm³/mol. The first kappa shape index (κ1) is 16.3. The first-order valence-corrected chi connectivity index (χ1v) is 8.19. The van der Waals surface area contributed by atoms with Crippen LogP contribution in [0, 0.1) is 0 Å². The minimum absolute atomic E-state index is 0.0136. The normalized spacial score (nSPS) is 21.0. The Bertz CT molecular complexity index is 312. The first-order valence-electron chi connectivity index (χ1n) is 6.90. The van der Waals surface area contributed by atoms with E-state index >= 15 is 0 Å². The van der Waals surface area contributed by atoms with Crippen LogP contribution in [0.25, 0.3) is 0 Å². The fourth-order valence-corrected chi connectivity index (χ4v) is 2.63. The average Bonchev–Trinajstić information content (AvgIpc) is 2.44. The summed E-state index contributed by atoms with van der Waals surface area (Å²) in [5.41, 5.74) is 5.34. The number of amides is 2. The first-order chi connectivity index (χ1) is 9.10. The summed E-state index contributed by atoms with van der Waals surface area (Å²) in [7, 11) is 0. The number of nitrogens with zero attached hydrogens (tertiary/aromatic N) is 1. The number of likely N-dealkylation sites (tertiary alicyclic amines) is 1. The van der Waals surface area contributed by atoms with Gasteiger partial charge in [0, 0.05) is 32.1 Å². The van der Waals surface area contributed by atoms with Gasteiger partial charge in [0.15, 0.2) is 0 Å². The van der Waals surface area contributed by atoms with E-state index in [1.165, 1.54) is 0 Å². The Labute approximate surface area is 119 Å². The molecule has 110 valence electrons. The van der Waals surface area contributed by atoms with Crippen molar-refractivity contribution in [2.24, 2.45) is 5.73 Å². The second-order valence-electron chi connectivity index (χ2n) is 4.90. The Balaban J connectivity index is 2.52. The van der Waals surface area contributed by atoms with Crippen LogP contribution in [-0.2, 0) is 9.59 Å². The molecular formula is C13H25N3O2S. The van der Waals surface area contributed by atoms with Crippen LogP contribution in [-0.4, -0.2) is 53.9 Å². The zero-order valence-electron chi connectivity index (χ0n) is 11.9. The monoisotopic (exact) mass is 287 g/mol. The third-order valence-corrected chi connectivity index (χ3v) is 4.43. The summed E-state index contributed by atoms with van der Waals surface area (Å²) in [5, 5.41) is 2.86. The molecule has 2 unspecified atom stereocenters. The maximum atomic E-state index is 12.3. The van der Waals surface area contributed by atoms with Crippen LogP contribution < -0.4 is 11.1 Å². The van der Waals surface area contributed by atoms with E-state index in [2.05, 4.69) is 5.32 Å². The van der Waals surface area contributed by atoms with E-state index in [1.54, 1.807) is 11.8 Å². The predicted octanol–water partition coefficient (Wildman–Crippen LogP) is 0.584. The Morgan fingerprint density at radius 1 is 1.47 bits per heavy atom. The van der Waals surface area contributed by atoms with E-state index in [9.17, 15) is 9.59 Å². The smallest absolute Gasteiger partial charge is 0.235 e. The van der Waals surface area contributed by atoms with Crippen molar-refractivity contribution in [3.8, 4) is 0 Å². The minimum Gasteiger partial charge on any atom is -0.354 e. The number of piperidine rings is 1. The molecule has 1 saturated heterocycles. The van der Waals surface area contributed by atoms with Gasteiger partial charge >= 0.3 is 0 Å². The van der Waals surface area contributed by atoms with Gasteiger partial charge in [0.1, 0.15) is 0 Å². The van der Waals surface area contributed by atoms with Crippen LogP contribution in [0.3, 0.4) is 0 Å². The molecule has 0 radical (unpaired) electrons.